The predicted octanol–water partition coefficient (Wildman–Crippen LogP) is 4.58. The van der Waals surface area contributed by atoms with E-state index in [4.69, 9.17) is 37.7 Å². The second-order valence-corrected chi connectivity index (χ2v) is 11.4. The van der Waals surface area contributed by atoms with E-state index in [0.29, 0.717) is 13.2 Å². The number of nitrogens with one attached hydrogen (secondary N) is 1. The van der Waals surface area contributed by atoms with Crippen molar-refractivity contribution in [3.63, 3.8) is 0 Å². The summed E-state index contributed by atoms with van der Waals surface area (Å²) in [5.74, 6) is 0.999. The van der Waals surface area contributed by atoms with Crippen molar-refractivity contribution in [3.8, 4) is 11.6 Å². The number of rotatable bonds is 6. The molecule has 1 N–H and O–H groups in total. The number of hydrogen-bond donors (Lipinski definition) is 1. The molecule has 2 aliphatic rings. The predicted molar refractivity (Wildman–Crippen MR) is 141 cm³/mol. The van der Waals surface area contributed by atoms with E-state index in [0.717, 1.165) is 47.8 Å². The van der Waals surface area contributed by atoms with Crippen LogP contribution < -0.4 is 19.1 Å². The molecule has 2 aliphatic heterocycles. The number of hydrogen-bond acceptors (Lipinski definition) is 7. The molecule has 190 valence electrons. The molecule has 36 heavy (non-hydrogen) atoms. The number of likely N-dealkylation sites (N-methyl/N-ethyl adjacent to an activating group) is 2. The zero-order valence-corrected chi connectivity index (χ0v) is 22.3. The van der Waals surface area contributed by atoms with Gasteiger partial charge in [-0.25, -0.2) is 13.4 Å². The van der Waals surface area contributed by atoms with E-state index < -0.39 is 10.0 Å². The van der Waals surface area contributed by atoms with Gasteiger partial charge in [-0.3, -0.25) is 4.72 Å². The Kier molecular flexibility index (Phi) is 6.91. The summed E-state index contributed by atoms with van der Waals surface area (Å²) in [7, 11) is -0.0190. The average molecular weight is 549 g/mol. The lowest BCUT2D eigenvalue weighted by Gasteiger charge is -2.28. The summed E-state index contributed by atoms with van der Waals surface area (Å²) in [6, 6.07) is 12.2. The number of halogens is 2. The molecule has 11 heteroatoms. The molecule has 0 saturated carbocycles. The van der Waals surface area contributed by atoms with E-state index in [1.807, 2.05) is 32.3 Å². The summed E-state index contributed by atoms with van der Waals surface area (Å²) in [6.45, 7) is 3.16. The van der Waals surface area contributed by atoms with E-state index >= 15 is 0 Å². The van der Waals surface area contributed by atoms with Crippen LogP contribution in [0.15, 0.2) is 47.4 Å². The maximum Gasteiger partial charge on any atom is 0.263 e. The molecule has 0 saturated heterocycles. The molecule has 2 aromatic carbocycles. The third-order valence-corrected chi connectivity index (χ3v) is 8.61. The van der Waals surface area contributed by atoms with Crippen LogP contribution in [0.4, 0.5) is 11.4 Å². The average Bonchev–Trinajstić information content (AvgIpc) is 2.84. The minimum Gasteiger partial charge on any atom is -0.490 e. The zero-order chi connectivity index (χ0) is 25.4. The number of benzene rings is 2. The lowest BCUT2D eigenvalue weighted by molar-refractivity contribution is 0.283. The lowest BCUT2D eigenvalue weighted by atomic mass is 10.1. The SMILES string of the molecule is CN1CCc2nc(OCc3ccc4c(c3)OCCN4C)c(NS(=O)(=O)c3cccc(Cl)c3Cl)cc2C1. The van der Waals surface area contributed by atoms with Gasteiger partial charge < -0.3 is 19.3 Å². The van der Waals surface area contributed by atoms with Gasteiger partial charge >= 0.3 is 0 Å². The third-order valence-electron chi connectivity index (χ3n) is 6.27. The van der Waals surface area contributed by atoms with E-state index in [-0.39, 0.29) is 33.1 Å². The first-order valence-corrected chi connectivity index (χ1v) is 13.7. The van der Waals surface area contributed by atoms with Gasteiger partial charge in [-0.05, 0) is 48.5 Å². The van der Waals surface area contributed by atoms with E-state index in [9.17, 15) is 8.42 Å². The maximum absolute atomic E-state index is 13.3. The fraction of sp³-hybridized carbons (Fsp3) is 0.320. The van der Waals surface area contributed by atoms with Crippen LogP contribution in [0.25, 0.3) is 0 Å². The summed E-state index contributed by atoms with van der Waals surface area (Å²) >= 11 is 12.3. The van der Waals surface area contributed by atoms with Gasteiger partial charge in [-0.1, -0.05) is 35.3 Å². The molecule has 3 heterocycles. The van der Waals surface area contributed by atoms with Gasteiger partial charge in [0.05, 0.1) is 28.0 Å². The highest BCUT2D eigenvalue weighted by molar-refractivity contribution is 7.92. The molecule has 0 bridgehead atoms. The van der Waals surface area contributed by atoms with Crippen molar-refractivity contribution in [1.29, 1.82) is 0 Å². The smallest absolute Gasteiger partial charge is 0.263 e. The van der Waals surface area contributed by atoms with Crippen molar-refractivity contribution in [3.05, 3.63) is 69.3 Å². The lowest BCUT2D eigenvalue weighted by Crippen LogP contribution is -2.28. The highest BCUT2D eigenvalue weighted by atomic mass is 35.5. The van der Waals surface area contributed by atoms with Crippen LogP contribution in [-0.2, 0) is 29.6 Å². The Hall–Kier alpha value is -2.72. The number of pyridine rings is 1. The normalized spacial score (nSPS) is 15.6. The fourth-order valence-electron chi connectivity index (χ4n) is 4.31. The van der Waals surface area contributed by atoms with Crippen molar-refractivity contribution >= 4 is 44.6 Å². The molecular formula is C25H26Cl2N4O4S. The van der Waals surface area contributed by atoms with Crippen LogP contribution in [0.5, 0.6) is 11.6 Å². The van der Waals surface area contributed by atoms with Gasteiger partial charge in [0.25, 0.3) is 10.0 Å². The zero-order valence-electron chi connectivity index (χ0n) is 19.9. The largest absolute Gasteiger partial charge is 0.490 e. The minimum absolute atomic E-state index is 0.0428. The van der Waals surface area contributed by atoms with Gasteiger partial charge in [-0.2, -0.15) is 0 Å². The molecule has 0 spiro atoms. The Morgan fingerprint density at radius 3 is 2.81 bits per heavy atom. The molecule has 0 aliphatic carbocycles. The molecule has 0 amide bonds. The second kappa shape index (κ2) is 9.97. The Balaban J connectivity index is 1.46. The Bertz CT molecular complexity index is 1420. The maximum atomic E-state index is 13.3. The van der Waals surface area contributed by atoms with Crippen LogP contribution in [0.1, 0.15) is 16.8 Å². The Morgan fingerprint density at radius 1 is 1.14 bits per heavy atom. The number of ether oxygens (including phenoxy) is 2. The molecule has 3 aromatic rings. The van der Waals surface area contributed by atoms with Crippen LogP contribution in [0.3, 0.4) is 0 Å². The first-order chi connectivity index (χ1) is 17.2. The van der Waals surface area contributed by atoms with Gasteiger partial charge in [-0.15, -0.1) is 0 Å². The number of nitrogens with zero attached hydrogens (tertiary/aromatic N) is 3. The molecule has 5 rings (SSSR count). The summed E-state index contributed by atoms with van der Waals surface area (Å²) in [5.41, 5.74) is 3.98. The van der Waals surface area contributed by atoms with E-state index in [2.05, 4.69) is 14.5 Å². The van der Waals surface area contributed by atoms with Gasteiger partial charge in [0.2, 0.25) is 5.88 Å². The first-order valence-electron chi connectivity index (χ1n) is 11.5. The van der Waals surface area contributed by atoms with Gasteiger partial charge in [0.1, 0.15) is 29.5 Å². The van der Waals surface area contributed by atoms with Crippen molar-refractivity contribution < 1.29 is 17.9 Å². The van der Waals surface area contributed by atoms with Crippen LogP contribution >= 0.6 is 23.2 Å². The highest BCUT2D eigenvalue weighted by Crippen LogP contribution is 2.35. The molecule has 1 aromatic heterocycles. The number of anilines is 2. The topological polar surface area (TPSA) is 84.0 Å². The summed E-state index contributed by atoms with van der Waals surface area (Å²) in [4.78, 5) is 8.88. The first kappa shape index (κ1) is 25.0. The fourth-order valence-corrected chi connectivity index (χ4v) is 6.12. The summed E-state index contributed by atoms with van der Waals surface area (Å²) in [5, 5.41) is 0.111. The minimum atomic E-state index is -4.06. The summed E-state index contributed by atoms with van der Waals surface area (Å²) < 4.78 is 41.0. The molecule has 0 atom stereocenters. The van der Waals surface area contributed by atoms with Crippen LogP contribution in [-0.4, -0.2) is 52.1 Å². The van der Waals surface area contributed by atoms with Crippen molar-refractivity contribution in [2.45, 2.75) is 24.5 Å². The van der Waals surface area contributed by atoms with Crippen molar-refractivity contribution in [2.75, 3.05) is 43.4 Å². The molecule has 0 radical (unpaired) electrons. The van der Waals surface area contributed by atoms with Gasteiger partial charge in [0.15, 0.2) is 0 Å². The molecule has 0 fully saturated rings. The quantitative estimate of drug-likeness (QED) is 0.482. The van der Waals surface area contributed by atoms with E-state index in [1.165, 1.54) is 18.2 Å². The summed E-state index contributed by atoms with van der Waals surface area (Å²) in [6.07, 6.45) is 0.744. The van der Waals surface area contributed by atoms with Crippen LogP contribution in [0, 0.1) is 0 Å². The van der Waals surface area contributed by atoms with Crippen LogP contribution in [0.2, 0.25) is 10.0 Å². The van der Waals surface area contributed by atoms with Crippen molar-refractivity contribution in [1.82, 2.24) is 9.88 Å². The second-order valence-electron chi connectivity index (χ2n) is 8.95. The number of sulfonamides is 1. The number of fused-ring (bicyclic) bond motifs is 2. The Labute approximate surface area is 220 Å². The van der Waals surface area contributed by atoms with E-state index in [1.54, 1.807) is 6.07 Å². The van der Waals surface area contributed by atoms with Gasteiger partial charge in [0, 0.05) is 26.6 Å². The molecule has 8 nitrogen and oxygen atoms in total. The number of aromatic nitrogens is 1. The molecular weight excluding hydrogens is 523 g/mol. The Morgan fingerprint density at radius 2 is 1.97 bits per heavy atom. The highest BCUT2D eigenvalue weighted by Gasteiger charge is 2.25. The van der Waals surface area contributed by atoms with Crippen molar-refractivity contribution in [2.24, 2.45) is 0 Å². The standard InChI is InChI=1S/C25H26Cl2N4O4S/c1-30-9-8-19-17(14-30)13-20(29-36(32,33)23-5-3-4-18(26)24(23)27)25(28-19)35-15-16-6-7-21-22(12-16)34-11-10-31(21)2/h3-7,12-13,29H,8-11,14-15H2,1-2H3. The third kappa shape index (κ3) is 5.06. The molecule has 0 unspecified atom stereocenters. The monoisotopic (exact) mass is 548 g/mol.